The number of benzene rings is 1. The van der Waals surface area contributed by atoms with Crippen molar-refractivity contribution in [2.45, 2.75) is 6.92 Å². The Morgan fingerprint density at radius 1 is 1.39 bits per heavy atom. The number of aromatic nitrogens is 2. The number of esters is 1. The molecule has 0 bridgehead atoms. The van der Waals surface area contributed by atoms with Gasteiger partial charge in [0, 0.05) is 16.3 Å². The van der Waals surface area contributed by atoms with E-state index >= 15 is 0 Å². The van der Waals surface area contributed by atoms with Gasteiger partial charge in [-0.3, -0.25) is 10.1 Å². The molecule has 2 aromatic heterocycles. The number of H-pyrrole nitrogens is 1. The van der Waals surface area contributed by atoms with Crippen molar-refractivity contribution in [1.82, 2.24) is 9.97 Å². The van der Waals surface area contributed by atoms with E-state index in [0.29, 0.717) is 5.13 Å². The second-order valence-corrected chi connectivity index (χ2v) is 6.01. The number of nitrogens with zero attached hydrogens (tertiary/aromatic N) is 1. The second-order valence-electron chi connectivity index (χ2n) is 4.78. The molecule has 0 saturated heterocycles. The van der Waals surface area contributed by atoms with E-state index in [1.54, 1.807) is 12.1 Å². The lowest BCUT2D eigenvalue weighted by Crippen LogP contribution is -2.21. The molecule has 0 fully saturated rings. The number of aryl methyl sites for hydroxylation is 1. The number of anilines is 1. The molecule has 0 aliphatic carbocycles. The Labute approximate surface area is 140 Å². The van der Waals surface area contributed by atoms with Gasteiger partial charge in [-0.15, -0.1) is 11.3 Å². The summed E-state index contributed by atoms with van der Waals surface area (Å²) in [5.74, 6) is -1.14. The molecule has 0 aliphatic heterocycles. The van der Waals surface area contributed by atoms with E-state index < -0.39 is 18.5 Å². The van der Waals surface area contributed by atoms with Crippen LogP contribution in [0.3, 0.4) is 0 Å². The van der Waals surface area contributed by atoms with Crippen molar-refractivity contribution in [3.8, 4) is 0 Å². The number of thiazole rings is 1. The number of fused-ring (bicyclic) bond motifs is 1. The predicted octanol–water partition coefficient (Wildman–Crippen LogP) is 3.38. The zero-order chi connectivity index (χ0) is 16.4. The first kappa shape index (κ1) is 15.5. The van der Waals surface area contributed by atoms with Crippen LogP contribution in [0.15, 0.2) is 29.6 Å². The number of nitrogens with one attached hydrogen (secondary N) is 2. The molecular weight excluding hydrogens is 338 g/mol. The molecule has 8 heteroatoms. The summed E-state index contributed by atoms with van der Waals surface area (Å²) in [5, 5.41) is 5.84. The minimum absolute atomic E-state index is 0.130. The summed E-state index contributed by atoms with van der Waals surface area (Å²) in [6.45, 7) is 1.41. The molecule has 6 nitrogen and oxygen atoms in total. The molecule has 0 radical (unpaired) electrons. The third-order valence-corrected chi connectivity index (χ3v) is 4.31. The quantitative estimate of drug-likeness (QED) is 0.707. The Morgan fingerprint density at radius 3 is 2.87 bits per heavy atom. The molecular formula is C15H12ClN3O3S. The van der Waals surface area contributed by atoms with Gasteiger partial charge in [0.1, 0.15) is 5.69 Å². The van der Waals surface area contributed by atoms with Gasteiger partial charge in [0.15, 0.2) is 11.7 Å². The molecule has 0 spiro atoms. The Balaban J connectivity index is 1.64. The van der Waals surface area contributed by atoms with Gasteiger partial charge in [-0.1, -0.05) is 29.8 Å². The lowest BCUT2D eigenvalue weighted by molar-refractivity contribution is -0.119. The second kappa shape index (κ2) is 6.39. The topological polar surface area (TPSA) is 84.1 Å². The van der Waals surface area contributed by atoms with Crippen molar-refractivity contribution in [1.29, 1.82) is 0 Å². The van der Waals surface area contributed by atoms with Crippen molar-refractivity contribution in [3.05, 3.63) is 46.1 Å². The standard InChI is InChI=1S/C15H12ClN3O3S/c1-8-7-23-15(17-8)19-11(20)6-22-14(21)13-12(16)9-4-2-3-5-10(9)18-13/h2-5,7,18H,6H2,1H3,(H,17,19,20). The lowest BCUT2D eigenvalue weighted by Gasteiger charge is -2.03. The zero-order valence-corrected chi connectivity index (χ0v) is 13.6. The van der Waals surface area contributed by atoms with Crippen molar-refractivity contribution >= 4 is 50.8 Å². The normalized spacial score (nSPS) is 10.7. The maximum absolute atomic E-state index is 12.1. The Hall–Kier alpha value is -2.38. The number of para-hydroxylation sites is 1. The number of ether oxygens (including phenoxy) is 1. The van der Waals surface area contributed by atoms with E-state index in [1.165, 1.54) is 11.3 Å². The number of rotatable bonds is 4. The fraction of sp³-hybridized carbons (Fsp3) is 0.133. The van der Waals surface area contributed by atoms with E-state index in [4.69, 9.17) is 16.3 Å². The van der Waals surface area contributed by atoms with Crippen LogP contribution in [0.5, 0.6) is 0 Å². The molecule has 0 unspecified atom stereocenters. The molecule has 2 heterocycles. The van der Waals surface area contributed by atoms with Crippen LogP contribution in [-0.2, 0) is 9.53 Å². The summed E-state index contributed by atoms with van der Waals surface area (Å²) in [5.41, 5.74) is 1.67. The minimum Gasteiger partial charge on any atom is -0.451 e. The maximum Gasteiger partial charge on any atom is 0.356 e. The van der Waals surface area contributed by atoms with Crippen molar-refractivity contribution in [2.24, 2.45) is 0 Å². The van der Waals surface area contributed by atoms with Crippen LogP contribution in [0.4, 0.5) is 5.13 Å². The minimum atomic E-state index is -0.684. The molecule has 2 N–H and O–H groups in total. The van der Waals surface area contributed by atoms with Crippen LogP contribution < -0.4 is 5.32 Å². The summed E-state index contributed by atoms with van der Waals surface area (Å²) in [6.07, 6.45) is 0. The molecule has 1 aromatic carbocycles. The first-order valence-electron chi connectivity index (χ1n) is 6.70. The largest absolute Gasteiger partial charge is 0.451 e. The van der Waals surface area contributed by atoms with Gasteiger partial charge in [-0.25, -0.2) is 9.78 Å². The van der Waals surface area contributed by atoms with Gasteiger partial charge in [-0.2, -0.15) is 0 Å². The average molecular weight is 350 g/mol. The summed E-state index contributed by atoms with van der Waals surface area (Å²) in [7, 11) is 0. The monoisotopic (exact) mass is 349 g/mol. The summed E-state index contributed by atoms with van der Waals surface area (Å²) < 4.78 is 4.99. The highest BCUT2D eigenvalue weighted by Crippen LogP contribution is 2.27. The Kier molecular flexibility index (Phi) is 4.31. The Morgan fingerprint density at radius 2 is 2.17 bits per heavy atom. The average Bonchev–Trinajstić information content (AvgIpc) is 3.09. The third-order valence-electron chi connectivity index (χ3n) is 3.05. The molecule has 118 valence electrons. The van der Waals surface area contributed by atoms with Gasteiger partial charge >= 0.3 is 5.97 Å². The van der Waals surface area contributed by atoms with Gasteiger partial charge < -0.3 is 9.72 Å². The number of carbonyl (C=O) groups excluding carboxylic acids is 2. The number of aromatic amines is 1. The smallest absolute Gasteiger partial charge is 0.356 e. The number of carbonyl (C=O) groups is 2. The Bertz CT molecular complexity index is 887. The molecule has 23 heavy (non-hydrogen) atoms. The number of hydrogen-bond donors (Lipinski definition) is 2. The highest BCUT2D eigenvalue weighted by atomic mass is 35.5. The van der Waals surface area contributed by atoms with Crippen LogP contribution in [0, 0.1) is 6.92 Å². The van der Waals surface area contributed by atoms with Crippen LogP contribution in [-0.4, -0.2) is 28.5 Å². The van der Waals surface area contributed by atoms with Crippen molar-refractivity contribution in [3.63, 3.8) is 0 Å². The van der Waals surface area contributed by atoms with Crippen LogP contribution in [0.25, 0.3) is 10.9 Å². The summed E-state index contributed by atoms with van der Waals surface area (Å²) in [6, 6.07) is 7.24. The van der Waals surface area contributed by atoms with E-state index in [0.717, 1.165) is 16.6 Å². The lowest BCUT2D eigenvalue weighted by atomic mass is 10.2. The summed E-state index contributed by atoms with van der Waals surface area (Å²) >= 11 is 7.46. The third kappa shape index (κ3) is 3.35. The molecule has 1 amide bonds. The maximum atomic E-state index is 12.1. The highest BCUT2D eigenvalue weighted by Gasteiger charge is 2.18. The predicted molar refractivity (Wildman–Crippen MR) is 89.1 cm³/mol. The molecule has 0 atom stereocenters. The van der Waals surface area contributed by atoms with Crippen LogP contribution >= 0.6 is 22.9 Å². The van der Waals surface area contributed by atoms with Crippen LogP contribution in [0.2, 0.25) is 5.02 Å². The first-order chi connectivity index (χ1) is 11.0. The van der Waals surface area contributed by atoms with E-state index in [-0.39, 0.29) is 10.7 Å². The first-order valence-corrected chi connectivity index (χ1v) is 7.95. The van der Waals surface area contributed by atoms with E-state index in [1.807, 2.05) is 24.4 Å². The fourth-order valence-corrected chi connectivity index (χ4v) is 3.01. The van der Waals surface area contributed by atoms with Gasteiger partial charge in [0.05, 0.1) is 10.7 Å². The molecule has 3 aromatic rings. The number of halogens is 1. The molecule has 3 rings (SSSR count). The molecule has 0 aliphatic rings. The van der Waals surface area contributed by atoms with Gasteiger partial charge in [-0.05, 0) is 13.0 Å². The zero-order valence-electron chi connectivity index (χ0n) is 12.1. The fourth-order valence-electron chi connectivity index (χ4n) is 2.02. The van der Waals surface area contributed by atoms with Crippen molar-refractivity contribution < 1.29 is 14.3 Å². The number of amides is 1. The van der Waals surface area contributed by atoms with Crippen molar-refractivity contribution in [2.75, 3.05) is 11.9 Å². The summed E-state index contributed by atoms with van der Waals surface area (Å²) in [4.78, 5) is 30.8. The highest BCUT2D eigenvalue weighted by molar-refractivity contribution is 7.13. The van der Waals surface area contributed by atoms with E-state index in [2.05, 4.69) is 15.3 Å². The van der Waals surface area contributed by atoms with E-state index in [9.17, 15) is 9.59 Å². The van der Waals surface area contributed by atoms with Crippen LogP contribution in [0.1, 0.15) is 16.2 Å². The SMILES string of the molecule is Cc1csc(NC(=O)COC(=O)c2[nH]c3ccccc3c2Cl)n1. The van der Waals surface area contributed by atoms with Gasteiger partial charge in [0.2, 0.25) is 0 Å². The number of hydrogen-bond acceptors (Lipinski definition) is 5. The molecule has 0 saturated carbocycles. The van der Waals surface area contributed by atoms with Gasteiger partial charge in [0.25, 0.3) is 5.91 Å².